The zero-order chi connectivity index (χ0) is 13.9. The van der Waals surface area contributed by atoms with Crippen molar-refractivity contribution in [3.05, 3.63) is 24.4 Å². The summed E-state index contributed by atoms with van der Waals surface area (Å²) in [4.78, 5) is 18.1. The van der Waals surface area contributed by atoms with Crippen molar-refractivity contribution in [2.75, 3.05) is 19.8 Å². The van der Waals surface area contributed by atoms with E-state index in [1.807, 2.05) is 13.0 Å². The standard InChI is InChI=1S/C15H25N3O/c1-3-9-14(17-15(19)4-2)12-16-13-18-10-7-5-6-8-11-18/h4,9,12H,2-3,5-8,10-11,13H2,1H3,(H,17,19)/b14-9+,16-12-. The lowest BCUT2D eigenvalue weighted by Crippen LogP contribution is -2.25. The number of amides is 1. The van der Waals surface area contributed by atoms with E-state index in [4.69, 9.17) is 0 Å². The Morgan fingerprint density at radius 1 is 1.32 bits per heavy atom. The van der Waals surface area contributed by atoms with E-state index in [9.17, 15) is 4.79 Å². The highest BCUT2D eigenvalue weighted by Gasteiger charge is 2.07. The number of rotatable bonds is 6. The summed E-state index contributed by atoms with van der Waals surface area (Å²) >= 11 is 0. The van der Waals surface area contributed by atoms with Gasteiger partial charge in [0.1, 0.15) is 0 Å². The van der Waals surface area contributed by atoms with Crippen molar-refractivity contribution in [3.8, 4) is 0 Å². The zero-order valence-electron chi connectivity index (χ0n) is 11.9. The van der Waals surface area contributed by atoms with Crippen LogP contribution in [0.15, 0.2) is 29.4 Å². The lowest BCUT2D eigenvalue weighted by atomic mass is 10.2. The van der Waals surface area contributed by atoms with Crippen LogP contribution >= 0.6 is 0 Å². The van der Waals surface area contributed by atoms with Crippen LogP contribution < -0.4 is 5.32 Å². The van der Waals surface area contributed by atoms with Gasteiger partial charge in [-0.1, -0.05) is 32.4 Å². The van der Waals surface area contributed by atoms with Crippen molar-refractivity contribution >= 4 is 12.1 Å². The molecule has 0 aliphatic carbocycles. The number of aliphatic imine (C=N–C) groups is 1. The Labute approximate surface area is 116 Å². The Balaban J connectivity index is 2.44. The molecule has 1 fully saturated rings. The van der Waals surface area contributed by atoms with Gasteiger partial charge in [0.15, 0.2) is 0 Å². The fourth-order valence-corrected chi connectivity index (χ4v) is 2.08. The van der Waals surface area contributed by atoms with E-state index in [2.05, 4.69) is 21.8 Å². The third-order valence-corrected chi connectivity index (χ3v) is 3.09. The number of carbonyl (C=O) groups is 1. The van der Waals surface area contributed by atoms with Crippen LogP contribution in [0.5, 0.6) is 0 Å². The van der Waals surface area contributed by atoms with Crippen LogP contribution in [0.1, 0.15) is 39.0 Å². The van der Waals surface area contributed by atoms with Crippen LogP contribution in [0.25, 0.3) is 0 Å². The number of likely N-dealkylation sites (tertiary alicyclic amines) is 1. The van der Waals surface area contributed by atoms with Crippen LogP contribution in [0.3, 0.4) is 0 Å². The van der Waals surface area contributed by atoms with Crippen molar-refractivity contribution in [2.24, 2.45) is 4.99 Å². The Morgan fingerprint density at radius 2 is 2.00 bits per heavy atom. The van der Waals surface area contributed by atoms with Gasteiger partial charge in [0.25, 0.3) is 0 Å². The third kappa shape index (κ3) is 6.91. The summed E-state index contributed by atoms with van der Waals surface area (Å²) in [6.07, 6.45) is 11.0. The fourth-order valence-electron chi connectivity index (χ4n) is 2.08. The molecule has 1 heterocycles. The summed E-state index contributed by atoms with van der Waals surface area (Å²) in [5.41, 5.74) is 0.752. The van der Waals surface area contributed by atoms with Crippen molar-refractivity contribution in [3.63, 3.8) is 0 Å². The highest BCUT2D eigenvalue weighted by Crippen LogP contribution is 2.09. The molecule has 0 aromatic rings. The monoisotopic (exact) mass is 263 g/mol. The number of hydrogen-bond donors (Lipinski definition) is 1. The summed E-state index contributed by atoms with van der Waals surface area (Å²) in [6.45, 7) is 8.45. The maximum Gasteiger partial charge on any atom is 0.247 e. The Hall–Kier alpha value is -1.42. The molecule has 19 heavy (non-hydrogen) atoms. The minimum atomic E-state index is -0.194. The van der Waals surface area contributed by atoms with E-state index in [0.717, 1.165) is 25.2 Å². The van der Waals surface area contributed by atoms with Crippen LogP contribution in [0, 0.1) is 0 Å². The predicted octanol–water partition coefficient (Wildman–Crippen LogP) is 2.49. The average Bonchev–Trinajstić information content (AvgIpc) is 2.67. The molecule has 1 aliphatic heterocycles. The largest absolute Gasteiger partial charge is 0.321 e. The molecule has 0 unspecified atom stereocenters. The van der Waals surface area contributed by atoms with E-state index < -0.39 is 0 Å². The number of allylic oxidation sites excluding steroid dienone is 2. The van der Waals surface area contributed by atoms with Gasteiger partial charge >= 0.3 is 0 Å². The molecule has 0 atom stereocenters. The normalized spacial score (nSPS) is 18.3. The Bertz CT molecular complexity index is 339. The molecule has 0 saturated carbocycles. The van der Waals surface area contributed by atoms with Crippen molar-refractivity contribution in [2.45, 2.75) is 39.0 Å². The first kappa shape index (κ1) is 15.6. The SMILES string of the molecule is C=CC(=O)NC(/C=N\CN1CCCCCC1)=C/CC. The lowest BCUT2D eigenvalue weighted by Gasteiger charge is -2.16. The molecular formula is C15H25N3O. The first-order chi connectivity index (χ1) is 9.26. The summed E-state index contributed by atoms with van der Waals surface area (Å²) in [6, 6.07) is 0. The van der Waals surface area contributed by atoms with Crippen LogP contribution in [-0.2, 0) is 4.79 Å². The number of carbonyl (C=O) groups excluding carboxylic acids is 1. The number of nitrogens with zero attached hydrogens (tertiary/aromatic N) is 2. The highest BCUT2D eigenvalue weighted by molar-refractivity contribution is 5.93. The Morgan fingerprint density at radius 3 is 2.58 bits per heavy atom. The van der Waals surface area contributed by atoms with Crippen LogP contribution in [0.4, 0.5) is 0 Å². The third-order valence-electron chi connectivity index (χ3n) is 3.09. The van der Waals surface area contributed by atoms with Gasteiger partial charge in [-0.05, 0) is 38.4 Å². The quantitative estimate of drug-likeness (QED) is 0.591. The van der Waals surface area contributed by atoms with Crippen molar-refractivity contribution in [1.29, 1.82) is 0 Å². The van der Waals surface area contributed by atoms with Gasteiger partial charge in [-0.25, -0.2) is 0 Å². The molecule has 1 amide bonds. The first-order valence-corrected chi connectivity index (χ1v) is 7.12. The molecule has 1 N–H and O–H groups in total. The second-order valence-electron chi connectivity index (χ2n) is 4.75. The first-order valence-electron chi connectivity index (χ1n) is 7.12. The smallest absolute Gasteiger partial charge is 0.247 e. The fraction of sp³-hybridized carbons (Fsp3) is 0.600. The van der Waals surface area contributed by atoms with E-state index in [1.165, 1.54) is 31.8 Å². The van der Waals surface area contributed by atoms with Gasteiger partial charge < -0.3 is 5.32 Å². The molecule has 0 aromatic carbocycles. The molecule has 0 spiro atoms. The molecule has 106 valence electrons. The van der Waals surface area contributed by atoms with E-state index in [0.29, 0.717) is 6.67 Å². The molecule has 0 radical (unpaired) electrons. The van der Waals surface area contributed by atoms with Gasteiger partial charge in [0.05, 0.1) is 12.4 Å². The van der Waals surface area contributed by atoms with Crippen molar-refractivity contribution < 1.29 is 4.79 Å². The maximum absolute atomic E-state index is 11.3. The van der Waals surface area contributed by atoms with E-state index in [1.54, 1.807) is 6.21 Å². The minimum Gasteiger partial charge on any atom is -0.321 e. The zero-order valence-corrected chi connectivity index (χ0v) is 11.9. The van der Waals surface area contributed by atoms with Gasteiger partial charge in [-0.15, -0.1) is 0 Å². The summed E-state index contributed by atoms with van der Waals surface area (Å²) < 4.78 is 0. The number of nitrogens with one attached hydrogen (secondary N) is 1. The minimum absolute atomic E-state index is 0.194. The lowest BCUT2D eigenvalue weighted by molar-refractivity contribution is -0.115. The second-order valence-corrected chi connectivity index (χ2v) is 4.75. The molecule has 1 aliphatic rings. The van der Waals surface area contributed by atoms with Gasteiger partial charge in [0.2, 0.25) is 5.91 Å². The highest BCUT2D eigenvalue weighted by atomic mass is 16.1. The topological polar surface area (TPSA) is 44.7 Å². The van der Waals surface area contributed by atoms with Crippen LogP contribution in [-0.4, -0.2) is 36.8 Å². The van der Waals surface area contributed by atoms with E-state index >= 15 is 0 Å². The van der Waals surface area contributed by atoms with Crippen molar-refractivity contribution in [1.82, 2.24) is 10.2 Å². The molecule has 4 heteroatoms. The van der Waals surface area contributed by atoms with E-state index in [-0.39, 0.29) is 5.91 Å². The summed E-state index contributed by atoms with van der Waals surface area (Å²) in [5, 5.41) is 2.75. The number of hydrogen-bond acceptors (Lipinski definition) is 3. The van der Waals surface area contributed by atoms with Gasteiger partial charge in [-0.3, -0.25) is 14.7 Å². The summed E-state index contributed by atoms with van der Waals surface area (Å²) in [7, 11) is 0. The molecule has 0 aromatic heterocycles. The average molecular weight is 263 g/mol. The van der Waals surface area contributed by atoms with Gasteiger partial charge in [-0.2, -0.15) is 0 Å². The molecule has 0 bridgehead atoms. The second kappa shape index (κ2) is 9.50. The molecule has 1 saturated heterocycles. The summed E-state index contributed by atoms with van der Waals surface area (Å²) in [5.74, 6) is -0.194. The molecule has 4 nitrogen and oxygen atoms in total. The van der Waals surface area contributed by atoms with Gasteiger partial charge in [0, 0.05) is 6.21 Å². The predicted molar refractivity (Wildman–Crippen MR) is 80.1 cm³/mol. The molecule has 1 rings (SSSR count). The van der Waals surface area contributed by atoms with Crippen LogP contribution in [0.2, 0.25) is 0 Å². The maximum atomic E-state index is 11.3. The molecular weight excluding hydrogens is 238 g/mol. The Kier molecular flexibility index (Phi) is 7.82.